The predicted molar refractivity (Wildman–Crippen MR) is 92.0 cm³/mol. The van der Waals surface area contributed by atoms with E-state index in [1.165, 1.54) is 0 Å². The maximum absolute atomic E-state index is 12.5. The molecule has 2 amide bonds. The molecule has 2 fully saturated rings. The molecule has 2 aliphatic heterocycles. The van der Waals surface area contributed by atoms with E-state index in [1.807, 2.05) is 18.7 Å². The summed E-state index contributed by atoms with van der Waals surface area (Å²) >= 11 is 0. The van der Waals surface area contributed by atoms with Gasteiger partial charge in [0.1, 0.15) is 0 Å². The van der Waals surface area contributed by atoms with Gasteiger partial charge in [-0.05, 0) is 19.3 Å². The molecule has 2 heterocycles. The maximum Gasteiger partial charge on any atom is 0.311 e. The molecule has 0 radical (unpaired) electrons. The van der Waals surface area contributed by atoms with E-state index in [4.69, 9.17) is 4.74 Å². The van der Waals surface area contributed by atoms with Crippen molar-refractivity contribution in [1.29, 1.82) is 0 Å². The van der Waals surface area contributed by atoms with Crippen LogP contribution in [0.2, 0.25) is 0 Å². The fourth-order valence-electron chi connectivity index (χ4n) is 3.92. The first kappa shape index (κ1) is 19.7. The van der Waals surface area contributed by atoms with Gasteiger partial charge in [0.15, 0.2) is 0 Å². The van der Waals surface area contributed by atoms with Gasteiger partial charge in [0.05, 0.1) is 12.0 Å². The fraction of sp³-hybridized carbons (Fsp3) is 0.833. The average molecular weight is 354 g/mol. The van der Waals surface area contributed by atoms with Crippen LogP contribution < -0.4 is 0 Å². The van der Waals surface area contributed by atoms with E-state index in [-0.39, 0.29) is 37.1 Å². The first-order chi connectivity index (χ1) is 11.9. The Bertz CT molecular complexity index is 504. The minimum atomic E-state index is -0.881. The normalized spacial score (nSPS) is 25.5. The summed E-state index contributed by atoms with van der Waals surface area (Å²) < 4.78 is 5.41. The van der Waals surface area contributed by atoms with E-state index in [0.717, 1.165) is 12.8 Å². The summed E-state index contributed by atoms with van der Waals surface area (Å²) in [4.78, 5) is 40.0. The Hall–Kier alpha value is -1.63. The van der Waals surface area contributed by atoms with E-state index < -0.39 is 11.4 Å². The monoisotopic (exact) mass is 354 g/mol. The standard InChI is InChI=1S/C18H30N2O5/c1-3-8-19(9-4-2)15(21)5-6-16(22)20-11-14-12-25-10-7-18(14,13-20)17(23)24/h14H,3-13H2,1-2H3,(H,23,24)/t14-,18+/m0/s1. The van der Waals surface area contributed by atoms with E-state index in [0.29, 0.717) is 39.3 Å². The van der Waals surface area contributed by atoms with Crippen LogP contribution in [-0.4, -0.2) is 72.1 Å². The fourth-order valence-corrected chi connectivity index (χ4v) is 3.92. The number of carboxylic acids is 1. The molecule has 142 valence electrons. The van der Waals surface area contributed by atoms with Crippen LogP contribution in [0.3, 0.4) is 0 Å². The van der Waals surface area contributed by atoms with Crippen LogP contribution in [0.15, 0.2) is 0 Å². The molecule has 0 saturated carbocycles. The van der Waals surface area contributed by atoms with Gasteiger partial charge in [0.2, 0.25) is 11.8 Å². The number of carbonyl (C=O) groups excluding carboxylic acids is 2. The molecule has 2 rings (SSSR count). The van der Waals surface area contributed by atoms with Crippen molar-refractivity contribution in [3.8, 4) is 0 Å². The van der Waals surface area contributed by atoms with Gasteiger partial charge in [-0.25, -0.2) is 0 Å². The number of rotatable bonds is 8. The predicted octanol–water partition coefficient (Wildman–Crippen LogP) is 1.36. The Morgan fingerprint density at radius 2 is 1.88 bits per heavy atom. The van der Waals surface area contributed by atoms with Crippen LogP contribution in [-0.2, 0) is 19.1 Å². The van der Waals surface area contributed by atoms with E-state index >= 15 is 0 Å². The molecule has 0 spiro atoms. The SMILES string of the molecule is CCCN(CCC)C(=O)CCC(=O)N1C[C@H]2COCC[C@@]2(C(=O)O)C1. The number of carbonyl (C=O) groups is 3. The summed E-state index contributed by atoms with van der Waals surface area (Å²) in [5.74, 6) is -1.12. The zero-order valence-corrected chi connectivity index (χ0v) is 15.3. The van der Waals surface area contributed by atoms with Gasteiger partial charge < -0.3 is 19.6 Å². The molecule has 0 aromatic heterocycles. The highest BCUT2D eigenvalue weighted by Gasteiger charge is 2.54. The molecule has 2 aliphatic rings. The summed E-state index contributed by atoms with van der Waals surface area (Å²) in [6, 6.07) is 0. The van der Waals surface area contributed by atoms with Gasteiger partial charge in [-0.1, -0.05) is 13.8 Å². The molecule has 0 aromatic carbocycles. The summed E-state index contributed by atoms with van der Waals surface area (Å²) in [5, 5.41) is 9.65. The second-order valence-corrected chi connectivity index (χ2v) is 7.14. The molecule has 0 aliphatic carbocycles. The van der Waals surface area contributed by atoms with Gasteiger partial charge in [0, 0.05) is 51.5 Å². The number of amides is 2. The Balaban J connectivity index is 1.91. The Labute approximate surface area is 149 Å². The Kier molecular flexibility index (Phi) is 6.81. The lowest BCUT2D eigenvalue weighted by atomic mass is 9.74. The molecule has 7 nitrogen and oxygen atoms in total. The average Bonchev–Trinajstić information content (AvgIpc) is 3.00. The smallest absolute Gasteiger partial charge is 0.311 e. The second-order valence-electron chi connectivity index (χ2n) is 7.14. The van der Waals surface area contributed by atoms with E-state index in [1.54, 1.807) is 4.90 Å². The molecular formula is C18H30N2O5. The Morgan fingerprint density at radius 1 is 1.20 bits per heavy atom. The second kappa shape index (κ2) is 8.65. The lowest BCUT2D eigenvalue weighted by Gasteiger charge is -2.33. The van der Waals surface area contributed by atoms with Crippen molar-refractivity contribution >= 4 is 17.8 Å². The zero-order chi connectivity index (χ0) is 18.4. The van der Waals surface area contributed by atoms with Crippen molar-refractivity contribution < 1.29 is 24.2 Å². The summed E-state index contributed by atoms with van der Waals surface area (Å²) in [5.41, 5.74) is -0.881. The summed E-state index contributed by atoms with van der Waals surface area (Å²) in [6.45, 7) is 6.94. The molecule has 2 atom stereocenters. The Morgan fingerprint density at radius 3 is 2.44 bits per heavy atom. The highest BCUT2D eigenvalue weighted by Crippen LogP contribution is 2.42. The van der Waals surface area contributed by atoms with Gasteiger partial charge in [-0.15, -0.1) is 0 Å². The van der Waals surface area contributed by atoms with Crippen molar-refractivity contribution in [2.75, 3.05) is 39.4 Å². The molecule has 2 saturated heterocycles. The molecule has 25 heavy (non-hydrogen) atoms. The highest BCUT2D eigenvalue weighted by atomic mass is 16.5. The first-order valence-electron chi connectivity index (χ1n) is 9.31. The van der Waals surface area contributed by atoms with Gasteiger partial charge >= 0.3 is 5.97 Å². The minimum absolute atomic E-state index is 0.00458. The van der Waals surface area contributed by atoms with Crippen LogP contribution in [0.4, 0.5) is 0 Å². The third-order valence-electron chi connectivity index (χ3n) is 5.38. The number of fused-ring (bicyclic) bond motifs is 1. The maximum atomic E-state index is 12.5. The van der Waals surface area contributed by atoms with Gasteiger partial charge in [0.25, 0.3) is 0 Å². The van der Waals surface area contributed by atoms with E-state index in [2.05, 4.69) is 0 Å². The third-order valence-corrected chi connectivity index (χ3v) is 5.38. The molecule has 1 N–H and O–H groups in total. The van der Waals surface area contributed by atoms with Crippen LogP contribution in [0.1, 0.15) is 46.0 Å². The molecule has 0 bridgehead atoms. The highest BCUT2D eigenvalue weighted by molar-refractivity contribution is 5.85. The number of aliphatic carboxylic acids is 1. The largest absolute Gasteiger partial charge is 0.481 e. The van der Waals surface area contributed by atoms with Crippen molar-refractivity contribution in [1.82, 2.24) is 9.80 Å². The third kappa shape index (κ3) is 4.32. The minimum Gasteiger partial charge on any atom is -0.481 e. The van der Waals surface area contributed by atoms with Crippen molar-refractivity contribution in [2.24, 2.45) is 11.3 Å². The van der Waals surface area contributed by atoms with Crippen LogP contribution >= 0.6 is 0 Å². The van der Waals surface area contributed by atoms with E-state index in [9.17, 15) is 19.5 Å². The molecule has 7 heteroatoms. The van der Waals surface area contributed by atoms with Gasteiger partial charge in [-0.3, -0.25) is 14.4 Å². The number of hydrogen-bond donors (Lipinski definition) is 1. The van der Waals surface area contributed by atoms with Gasteiger partial charge in [-0.2, -0.15) is 0 Å². The quantitative estimate of drug-likeness (QED) is 0.711. The summed E-state index contributed by atoms with van der Waals surface area (Å²) in [6.07, 6.45) is 2.57. The van der Waals surface area contributed by atoms with Crippen molar-refractivity contribution in [2.45, 2.75) is 46.0 Å². The summed E-state index contributed by atoms with van der Waals surface area (Å²) in [7, 11) is 0. The van der Waals surface area contributed by atoms with Crippen LogP contribution in [0.25, 0.3) is 0 Å². The number of carboxylic acid groups (broad SMARTS) is 1. The number of ether oxygens (including phenoxy) is 1. The number of hydrogen-bond acceptors (Lipinski definition) is 4. The first-order valence-corrected chi connectivity index (χ1v) is 9.31. The van der Waals surface area contributed by atoms with Crippen molar-refractivity contribution in [3.05, 3.63) is 0 Å². The van der Waals surface area contributed by atoms with Crippen LogP contribution in [0.5, 0.6) is 0 Å². The van der Waals surface area contributed by atoms with Crippen LogP contribution in [0, 0.1) is 11.3 Å². The zero-order valence-electron chi connectivity index (χ0n) is 15.3. The topological polar surface area (TPSA) is 87.2 Å². The molecule has 0 aromatic rings. The number of nitrogens with zero attached hydrogens (tertiary/aromatic N) is 2. The molecular weight excluding hydrogens is 324 g/mol. The lowest BCUT2D eigenvalue weighted by Crippen LogP contribution is -2.45. The number of likely N-dealkylation sites (tertiary alicyclic amines) is 1. The lowest BCUT2D eigenvalue weighted by molar-refractivity contribution is -0.157. The van der Waals surface area contributed by atoms with Crippen molar-refractivity contribution in [3.63, 3.8) is 0 Å². The molecule has 0 unspecified atom stereocenters.